The predicted molar refractivity (Wildman–Crippen MR) is 77.9 cm³/mol. The summed E-state index contributed by atoms with van der Waals surface area (Å²) >= 11 is 0. The van der Waals surface area contributed by atoms with Gasteiger partial charge in [0.15, 0.2) is 0 Å². The Kier molecular flexibility index (Phi) is 4.79. The Morgan fingerprint density at radius 3 is 2.67 bits per heavy atom. The van der Waals surface area contributed by atoms with Crippen LogP contribution in [0.15, 0.2) is 30.3 Å². The minimum absolute atomic E-state index is 0.323. The fourth-order valence-electron chi connectivity index (χ4n) is 2.89. The number of nitrogens with one attached hydrogen (secondary N) is 1. The molecule has 2 rings (SSSR count). The Hall–Kier alpha value is -0.860. The second-order valence-electron chi connectivity index (χ2n) is 5.92. The van der Waals surface area contributed by atoms with Gasteiger partial charge in [-0.25, -0.2) is 0 Å². The molecule has 2 heteroatoms. The largest absolute Gasteiger partial charge is 0.310 e. The van der Waals surface area contributed by atoms with Crippen LogP contribution in [-0.2, 0) is 6.42 Å². The van der Waals surface area contributed by atoms with E-state index in [4.69, 9.17) is 0 Å². The van der Waals surface area contributed by atoms with Crippen LogP contribution in [0.1, 0.15) is 31.7 Å². The first-order chi connectivity index (χ1) is 8.68. The van der Waals surface area contributed by atoms with Gasteiger partial charge in [-0.05, 0) is 45.3 Å². The van der Waals surface area contributed by atoms with Crippen molar-refractivity contribution < 1.29 is 0 Å². The van der Waals surface area contributed by atoms with Gasteiger partial charge in [-0.3, -0.25) is 0 Å². The van der Waals surface area contributed by atoms with E-state index < -0.39 is 0 Å². The molecule has 1 atom stereocenters. The number of hydrogen-bond acceptors (Lipinski definition) is 2. The molecule has 1 aromatic carbocycles. The third kappa shape index (κ3) is 4.11. The van der Waals surface area contributed by atoms with E-state index in [2.05, 4.69) is 54.5 Å². The molecular formula is C16H26N2. The minimum atomic E-state index is 0.323. The molecule has 1 aromatic rings. The van der Waals surface area contributed by atoms with Gasteiger partial charge in [0.2, 0.25) is 0 Å². The van der Waals surface area contributed by atoms with E-state index in [1.165, 1.54) is 31.4 Å². The first-order valence-electron chi connectivity index (χ1n) is 7.15. The summed E-state index contributed by atoms with van der Waals surface area (Å²) in [6, 6.07) is 10.8. The molecule has 1 unspecified atom stereocenters. The average Bonchev–Trinajstić information content (AvgIpc) is 2.38. The standard InChI is InChI=1S/C16H26N2/c1-16(11-6-7-12-17-16)14-18(2)13-10-15-8-4-3-5-9-15/h3-5,8-9,17H,6-7,10-14H2,1-2H3. The molecule has 0 aromatic heterocycles. The molecule has 0 radical (unpaired) electrons. The molecule has 18 heavy (non-hydrogen) atoms. The van der Waals surface area contributed by atoms with Crippen molar-refractivity contribution in [3.05, 3.63) is 35.9 Å². The molecular weight excluding hydrogens is 220 g/mol. The number of benzene rings is 1. The van der Waals surface area contributed by atoms with Gasteiger partial charge in [0.05, 0.1) is 0 Å². The van der Waals surface area contributed by atoms with Crippen molar-refractivity contribution >= 4 is 0 Å². The van der Waals surface area contributed by atoms with E-state index in [0.29, 0.717) is 5.54 Å². The molecule has 0 spiro atoms. The summed E-state index contributed by atoms with van der Waals surface area (Å²) in [5.74, 6) is 0. The predicted octanol–water partition coefficient (Wildman–Crippen LogP) is 2.69. The van der Waals surface area contributed by atoms with Crippen molar-refractivity contribution in [2.24, 2.45) is 0 Å². The number of nitrogens with zero attached hydrogens (tertiary/aromatic N) is 1. The molecule has 0 saturated carbocycles. The molecule has 0 amide bonds. The fourth-order valence-corrected chi connectivity index (χ4v) is 2.89. The summed E-state index contributed by atoms with van der Waals surface area (Å²) < 4.78 is 0. The third-order valence-electron chi connectivity index (χ3n) is 3.95. The van der Waals surface area contributed by atoms with Crippen molar-refractivity contribution in [2.75, 3.05) is 26.7 Å². The average molecular weight is 246 g/mol. The quantitative estimate of drug-likeness (QED) is 0.859. The van der Waals surface area contributed by atoms with Crippen LogP contribution in [0.2, 0.25) is 0 Å². The normalized spacial score (nSPS) is 24.4. The summed E-state index contributed by atoms with van der Waals surface area (Å²) in [6.45, 7) is 5.84. The van der Waals surface area contributed by atoms with E-state index in [1.54, 1.807) is 0 Å². The maximum Gasteiger partial charge on any atom is 0.0280 e. The van der Waals surface area contributed by atoms with Crippen LogP contribution in [0.25, 0.3) is 0 Å². The van der Waals surface area contributed by atoms with E-state index in [-0.39, 0.29) is 0 Å². The Bertz CT molecular complexity index is 341. The van der Waals surface area contributed by atoms with Crippen LogP contribution in [0.4, 0.5) is 0 Å². The van der Waals surface area contributed by atoms with E-state index in [1.807, 2.05) is 0 Å². The summed E-state index contributed by atoms with van der Waals surface area (Å²) in [5, 5.41) is 3.68. The van der Waals surface area contributed by atoms with Crippen molar-refractivity contribution in [1.29, 1.82) is 0 Å². The molecule has 100 valence electrons. The highest BCUT2D eigenvalue weighted by Crippen LogP contribution is 2.19. The molecule has 1 aliphatic rings. The topological polar surface area (TPSA) is 15.3 Å². The molecule has 1 N–H and O–H groups in total. The fraction of sp³-hybridized carbons (Fsp3) is 0.625. The number of piperidine rings is 1. The number of likely N-dealkylation sites (N-methyl/N-ethyl adjacent to an activating group) is 1. The summed E-state index contributed by atoms with van der Waals surface area (Å²) in [4.78, 5) is 2.46. The second kappa shape index (κ2) is 6.35. The monoisotopic (exact) mass is 246 g/mol. The zero-order chi connectivity index (χ0) is 12.8. The lowest BCUT2D eigenvalue weighted by atomic mass is 9.90. The number of hydrogen-bond donors (Lipinski definition) is 1. The molecule has 1 fully saturated rings. The Morgan fingerprint density at radius 1 is 1.22 bits per heavy atom. The van der Waals surface area contributed by atoms with Crippen LogP contribution in [-0.4, -0.2) is 37.1 Å². The zero-order valence-electron chi connectivity index (χ0n) is 11.8. The van der Waals surface area contributed by atoms with E-state index >= 15 is 0 Å². The van der Waals surface area contributed by atoms with Crippen LogP contribution >= 0.6 is 0 Å². The molecule has 1 heterocycles. The van der Waals surface area contributed by atoms with Gasteiger partial charge >= 0.3 is 0 Å². The van der Waals surface area contributed by atoms with Gasteiger partial charge in [-0.15, -0.1) is 0 Å². The van der Waals surface area contributed by atoms with Crippen LogP contribution in [0.5, 0.6) is 0 Å². The van der Waals surface area contributed by atoms with Crippen LogP contribution in [0, 0.1) is 0 Å². The maximum atomic E-state index is 3.68. The Labute approximate surface area is 111 Å². The zero-order valence-corrected chi connectivity index (χ0v) is 11.8. The van der Waals surface area contributed by atoms with Gasteiger partial charge in [0.25, 0.3) is 0 Å². The SMILES string of the molecule is CN(CCc1ccccc1)CC1(C)CCCCN1. The van der Waals surface area contributed by atoms with Crippen molar-refractivity contribution in [3.63, 3.8) is 0 Å². The van der Waals surface area contributed by atoms with Crippen LogP contribution in [0.3, 0.4) is 0 Å². The third-order valence-corrected chi connectivity index (χ3v) is 3.95. The van der Waals surface area contributed by atoms with Gasteiger partial charge in [0.1, 0.15) is 0 Å². The van der Waals surface area contributed by atoms with Gasteiger partial charge in [0, 0.05) is 18.6 Å². The van der Waals surface area contributed by atoms with Gasteiger partial charge < -0.3 is 10.2 Å². The van der Waals surface area contributed by atoms with Gasteiger partial charge in [-0.2, -0.15) is 0 Å². The maximum absolute atomic E-state index is 3.68. The lowest BCUT2D eigenvalue weighted by Crippen LogP contribution is -2.53. The molecule has 2 nitrogen and oxygen atoms in total. The summed E-state index contributed by atoms with van der Waals surface area (Å²) in [7, 11) is 2.24. The first kappa shape index (κ1) is 13.6. The van der Waals surface area contributed by atoms with Crippen molar-refractivity contribution in [2.45, 2.75) is 38.1 Å². The highest BCUT2D eigenvalue weighted by Gasteiger charge is 2.27. The Morgan fingerprint density at radius 2 is 2.00 bits per heavy atom. The summed E-state index contributed by atoms with van der Waals surface area (Å²) in [5.41, 5.74) is 1.76. The van der Waals surface area contributed by atoms with Crippen LogP contribution < -0.4 is 5.32 Å². The molecule has 0 aliphatic carbocycles. The lowest BCUT2D eigenvalue weighted by Gasteiger charge is -2.38. The van der Waals surface area contributed by atoms with Gasteiger partial charge in [-0.1, -0.05) is 36.8 Å². The number of rotatable bonds is 5. The first-order valence-corrected chi connectivity index (χ1v) is 7.15. The molecule has 1 aliphatic heterocycles. The highest BCUT2D eigenvalue weighted by atomic mass is 15.1. The van der Waals surface area contributed by atoms with E-state index in [9.17, 15) is 0 Å². The smallest absolute Gasteiger partial charge is 0.0280 e. The molecule has 1 saturated heterocycles. The highest BCUT2D eigenvalue weighted by molar-refractivity contribution is 5.14. The minimum Gasteiger partial charge on any atom is -0.310 e. The molecule has 0 bridgehead atoms. The van der Waals surface area contributed by atoms with E-state index in [0.717, 1.165) is 19.5 Å². The lowest BCUT2D eigenvalue weighted by molar-refractivity contribution is 0.188. The van der Waals surface area contributed by atoms with Crippen molar-refractivity contribution in [3.8, 4) is 0 Å². The van der Waals surface area contributed by atoms with Crippen molar-refractivity contribution in [1.82, 2.24) is 10.2 Å². The summed E-state index contributed by atoms with van der Waals surface area (Å²) in [6.07, 6.45) is 5.16. The second-order valence-corrected chi connectivity index (χ2v) is 5.92. The Balaban J connectivity index is 1.76.